The number of rotatable bonds is 6. The fraction of sp³-hybridized carbons (Fsp3) is 0.263. The predicted octanol–water partition coefficient (Wildman–Crippen LogP) is 4.31. The van der Waals surface area contributed by atoms with E-state index in [9.17, 15) is 9.18 Å². The average Bonchev–Trinajstić information content (AvgIpc) is 3.06. The molecule has 2 aromatic carbocycles. The fourth-order valence-electron chi connectivity index (χ4n) is 2.60. The largest absolute Gasteiger partial charge is 0.496 e. The van der Waals surface area contributed by atoms with Crippen LogP contribution in [0.25, 0.3) is 10.2 Å². The minimum Gasteiger partial charge on any atom is -0.496 e. The zero-order chi connectivity index (χ0) is 19.6. The number of methoxy groups -OCH3 is 1. The third-order valence-corrected chi connectivity index (χ3v) is 5.28. The van der Waals surface area contributed by atoms with E-state index in [0.717, 1.165) is 0 Å². The number of aromatic nitrogens is 1. The minimum atomic E-state index is -0.407. The first-order valence-corrected chi connectivity index (χ1v) is 9.45. The van der Waals surface area contributed by atoms with Gasteiger partial charge in [0, 0.05) is 18.1 Å². The van der Waals surface area contributed by atoms with Gasteiger partial charge in [0.1, 0.15) is 17.1 Å². The fourth-order valence-corrected chi connectivity index (χ4v) is 3.77. The lowest BCUT2D eigenvalue weighted by Gasteiger charge is -2.23. The molecule has 0 N–H and O–H groups in total. The number of carbonyl (C=O) groups excluding carboxylic acids is 1. The Bertz CT molecular complexity index is 977. The number of hydrogen-bond donors (Lipinski definition) is 0. The molecule has 142 valence electrons. The van der Waals surface area contributed by atoms with Crippen molar-refractivity contribution >= 4 is 44.2 Å². The minimum absolute atomic E-state index is 0.262. The number of thiazole rings is 1. The lowest BCUT2D eigenvalue weighted by molar-refractivity contribution is 0.0982. The highest BCUT2D eigenvalue weighted by Crippen LogP contribution is 2.32. The van der Waals surface area contributed by atoms with Gasteiger partial charge in [0.2, 0.25) is 0 Å². The van der Waals surface area contributed by atoms with Crippen molar-refractivity contribution in [2.45, 2.75) is 0 Å². The first-order chi connectivity index (χ1) is 12.9. The summed E-state index contributed by atoms with van der Waals surface area (Å²) in [4.78, 5) is 21.2. The number of para-hydroxylation sites is 1. The van der Waals surface area contributed by atoms with Gasteiger partial charge >= 0.3 is 0 Å². The van der Waals surface area contributed by atoms with Gasteiger partial charge in [-0.05, 0) is 44.4 Å². The first-order valence-electron chi connectivity index (χ1n) is 8.26. The van der Waals surface area contributed by atoms with E-state index in [2.05, 4.69) is 4.98 Å². The maximum Gasteiger partial charge on any atom is 0.263 e. The number of benzene rings is 2. The third kappa shape index (κ3) is 4.21. The van der Waals surface area contributed by atoms with E-state index in [4.69, 9.17) is 16.3 Å². The normalized spacial score (nSPS) is 11.2. The van der Waals surface area contributed by atoms with E-state index in [-0.39, 0.29) is 11.4 Å². The van der Waals surface area contributed by atoms with Crippen molar-refractivity contribution in [3.63, 3.8) is 0 Å². The highest BCUT2D eigenvalue weighted by molar-refractivity contribution is 7.22. The number of nitrogens with zero attached hydrogens (tertiary/aromatic N) is 3. The second kappa shape index (κ2) is 8.21. The Kier molecular flexibility index (Phi) is 5.94. The molecular formula is C19H19ClFN3O2S. The summed E-state index contributed by atoms with van der Waals surface area (Å²) in [5.74, 6) is -0.280. The summed E-state index contributed by atoms with van der Waals surface area (Å²) >= 11 is 7.36. The smallest absolute Gasteiger partial charge is 0.263 e. The summed E-state index contributed by atoms with van der Waals surface area (Å²) in [7, 11) is 5.33. The van der Waals surface area contributed by atoms with Gasteiger partial charge in [-0.25, -0.2) is 9.37 Å². The van der Waals surface area contributed by atoms with Gasteiger partial charge in [0.25, 0.3) is 5.91 Å². The van der Waals surface area contributed by atoms with Crippen molar-refractivity contribution in [3.8, 4) is 5.75 Å². The van der Waals surface area contributed by atoms with E-state index >= 15 is 0 Å². The van der Waals surface area contributed by atoms with Gasteiger partial charge in [-0.1, -0.05) is 29.0 Å². The molecule has 8 heteroatoms. The maximum absolute atomic E-state index is 14.1. The van der Waals surface area contributed by atoms with Crippen LogP contribution in [0.4, 0.5) is 9.52 Å². The summed E-state index contributed by atoms with van der Waals surface area (Å²) in [6, 6.07) is 9.66. The Morgan fingerprint density at radius 3 is 2.70 bits per heavy atom. The summed E-state index contributed by atoms with van der Waals surface area (Å²) < 4.78 is 20.1. The van der Waals surface area contributed by atoms with Crippen LogP contribution in [0, 0.1) is 5.82 Å². The average molecular weight is 408 g/mol. The van der Waals surface area contributed by atoms with Crippen LogP contribution in [0.5, 0.6) is 5.75 Å². The Hall–Kier alpha value is -2.22. The van der Waals surface area contributed by atoms with Crippen LogP contribution in [0.3, 0.4) is 0 Å². The quantitative estimate of drug-likeness (QED) is 0.611. The Morgan fingerprint density at radius 2 is 2.04 bits per heavy atom. The summed E-state index contributed by atoms with van der Waals surface area (Å²) in [5, 5.41) is 0.867. The molecule has 0 radical (unpaired) electrons. The molecule has 27 heavy (non-hydrogen) atoms. The predicted molar refractivity (Wildman–Crippen MR) is 108 cm³/mol. The molecule has 0 bridgehead atoms. The molecule has 0 unspecified atom stereocenters. The second-order valence-corrected chi connectivity index (χ2v) is 7.63. The van der Waals surface area contributed by atoms with Crippen molar-refractivity contribution in [1.29, 1.82) is 0 Å². The molecule has 3 aromatic rings. The Labute approximate surface area is 165 Å². The van der Waals surface area contributed by atoms with Gasteiger partial charge in [0.05, 0.1) is 17.4 Å². The van der Waals surface area contributed by atoms with E-state index in [0.29, 0.717) is 39.3 Å². The molecule has 0 aliphatic rings. The molecule has 0 spiro atoms. The molecule has 0 saturated carbocycles. The van der Waals surface area contributed by atoms with Gasteiger partial charge in [0.15, 0.2) is 5.13 Å². The van der Waals surface area contributed by atoms with Crippen molar-refractivity contribution in [1.82, 2.24) is 9.88 Å². The Balaban J connectivity index is 2.06. The number of halogens is 2. The molecule has 0 saturated heterocycles. The number of fused-ring (bicyclic) bond motifs is 1. The number of anilines is 1. The number of ether oxygens (including phenoxy) is 1. The van der Waals surface area contributed by atoms with E-state index in [1.54, 1.807) is 30.3 Å². The SMILES string of the molecule is COc1ccc(Cl)cc1C(=O)N(CCN(C)C)c1nc2c(F)cccc2s1. The van der Waals surface area contributed by atoms with Crippen LogP contribution >= 0.6 is 22.9 Å². The molecule has 0 atom stereocenters. The lowest BCUT2D eigenvalue weighted by atomic mass is 10.1. The van der Waals surface area contributed by atoms with E-state index in [1.807, 2.05) is 19.0 Å². The van der Waals surface area contributed by atoms with Crippen LogP contribution in [-0.2, 0) is 0 Å². The molecule has 0 aliphatic carbocycles. The van der Waals surface area contributed by atoms with Crippen molar-refractivity contribution in [2.75, 3.05) is 39.2 Å². The number of hydrogen-bond acceptors (Lipinski definition) is 5. The number of carbonyl (C=O) groups is 1. The van der Waals surface area contributed by atoms with Crippen LogP contribution in [0.15, 0.2) is 36.4 Å². The summed E-state index contributed by atoms with van der Waals surface area (Å²) in [6.45, 7) is 1.01. The summed E-state index contributed by atoms with van der Waals surface area (Å²) in [5.41, 5.74) is 0.599. The highest BCUT2D eigenvalue weighted by atomic mass is 35.5. The van der Waals surface area contributed by atoms with Crippen LogP contribution in [0.1, 0.15) is 10.4 Å². The Morgan fingerprint density at radius 1 is 1.26 bits per heavy atom. The molecule has 0 aliphatic heterocycles. The van der Waals surface area contributed by atoms with Gasteiger partial charge in [-0.2, -0.15) is 0 Å². The van der Waals surface area contributed by atoms with E-state index < -0.39 is 5.82 Å². The maximum atomic E-state index is 14.1. The van der Waals surface area contributed by atoms with Crippen molar-refractivity contribution < 1.29 is 13.9 Å². The molecule has 0 fully saturated rings. The summed E-state index contributed by atoms with van der Waals surface area (Å²) in [6.07, 6.45) is 0. The van der Waals surface area contributed by atoms with Gasteiger partial charge < -0.3 is 9.64 Å². The van der Waals surface area contributed by atoms with Crippen molar-refractivity contribution in [2.24, 2.45) is 0 Å². The zero-order valence-electron chi connectivity index (χ0n) is 15.2. The van der Waals surface area contributed by atoms with Crippen LogP contribution in [-0.4, -0.2) is 50.1 Å². The van der Waals surface area contributed by atoms with Crippen LogP contribution < -0.4 is 9.64 Å². The monoisotopic (exact) mass is 407 g/mol. The highest BCUT2D eigenvalue weighted by Gasteiger charge is 2.25. The van der Waals surface area contributed by atoms with Crippen LogP contribution in [0.2, 0.25) is 5.02 Å². The second-order valence-electron chi connectivity index (χ2n) is 6.19. The number of amides is 1. The topological polar surface area (TPSA) is 45.7 Å². The van der Waals surface area contributed by atoms with Gasteiger partial charge in [-0.15, -0.1) is 0 Å². The molecule has 1 aromatic heterocycles. The standard InChI is InChI=1S/C19H19ClFN3O2S/c1-23(2)9-10-24(18(25)13-11-12(20)7-8-15(13)26-3)19-22-17-14(21)5-4-6-16(17)27-19/h4-8,11H,9-10H2,1-3H3. The first kappa shape index (κ1) is 19.5. The third-order valence-electron chi connectivity index (χ3n) is 4.00. The lowest BCUT2D eigenvalue weighted by Crippen LogP contribution is -2.37. The molecule has 1 heterocycles. The van der Waals surface area contributed by atoms with Gasteiger partial charge in [-0.3, -0.25) is 9.69 Å². The molecule has 1 amide bonds. The number of likely N-dealkylation sites (N-methyl/N-ethyl adjacent to an activating group) is 1. The van der Waals surface area contributed by atoms with E-state index in [1.165, 1.54) is 29.4 Å². The van der Waals surface area contributed by atoms with Crippen molar-refractivity contribution in [3.05, 3.63) is 52.8 Å². The molecular weight excluding hydrogens is 389 g/mol. The molecule has 3 rings (SSSR count). The molecule has 5 nitrogen and oxygen atoms in total. The zero-order valence-corrected chi connectivity index (χ0v) is 16.8.